The molecule has 0 aliphatic heterocycles. The van der Waals surface area contributed by atoms with Crippen molar-refractivity contribution in [3.63, 3.8) is 0 Å². The van der Waals surface area contributed by atoms with E-state index in [0.717, 1.165) is 0 Å². The first-order chi connectivity index (χ1) is 13.9. The summed E-state index contributed by atoms with van der Waals surface area (Å²) in [4.78, 5) is 23.5. The van der Waals surface area contributed by atoms with Gasteiger partial charge in [0.15, 0.2) is 11.5 Å². The summed E-state index contributed by atoms with van der Waals surface area (Å²) in [5.74, 6) is 1.32. The van der Waals surface area contributed by atoms with Crippen molar-refractivity contribution in [2.24, 2.45) is 0 Å². The van der Waals surface area contributed by atoms with Gasteiger partial charge in [0.05, 0.1) is 17.1 Å². The number of carboxylic acids is 1. The second-order valence-electron chi connectivity index (χ2n) is 5.54. The first-order valence-corrected chi connectivity index (χ1v) is 8.89. The van der Waals surface area contributed by atoms with E-state index in [9.17, 15) is 14.9 Å². The second kappa shape index (κ2) is 9.98. The Balaban J connectivity index is 2.31. The molecule has 2 N–H and O–H groups in total. The quantitative estimate of drug-likeness (QED) is 0.374. The first-order valence-electron chi connectivity index (χ1n) is 8.10. The number of rotatable bonds is 7. The smallest absolute Gasteiger partial charge is 0.335 e. The lowest BCUT2D eigenvalue weighted by atomic mass is 10.1. The minimum atomic E-state index is -1.12. The molecule has 2 aromatic rings. The molecule has 0 aromatic heterocycles. The predicted octanol–water partition coefficient (Wildman–Crippen LogP) is 3.71. The molecular formula is C21H15BrN2O5. The lowest BCUT2D eigenvalue weighted by molar-refractivity contribution is -0.112. The van der Waals surface area contributed by atoms with Gasteiger partial charge in [-0.1, -0.05) is 12.0 Å². The van der Waals surface area contributed by atoms with Crippen LogP contribution in [0.4, 0.5) is 5.69 Å². The highest BCUT2D eigenvalue weighted by molar-refractivity contribution is 9.10. The number of hydrogen-bond donors (Lipinski definition) is 2. The van der Waals surface area contributed by atoms with Gasteiger partial charge in [0.2, 0.25) is 0 Å². The molecule has 0 aliphatic rings. The van der Waals surface area contributed by atoms with E-state index in [-0.39, 0.29) is 23.4 Å². The number of carbonyl (C=O) groups is 2. The number of anilines is 1. The van der Waals surface area contributed by atoms with Crippen molar-refractivity contribution in [3.05, 3.63) is 57.6 Å². The lowest BCUT2D eigenvalue weighted by Crippen LogP contribution is -2.14. The van der Waals surface area contributed by atoms with Crippen molar-refractivity contribution in [2.75, 3.05) is 19.0 Å². The zero-order chi connectivity index (χ0) is 21.4. The molecule has 0 atom stereocenters. The number of carboxylic acid groups (broad SMARTS) is 1. The maximum Gasteiger partial charge on any atom is 0.335 e. The lowest BCUT2D eigenvalue weighted by Gasteiger charge is -2.12. The molecule has 0 saturated heterocycles. The molecule has 0 unspecified atom stereocenters. The Kier molecular flexibility index (Phi) is 7.41. The number of nitriles is 1. The van der Waals surface area contributed by atoms with Gasteiger partial charge in [0.1, 0.15) is 18.2 Å². The van der Waals surface area contributed by atoms with Gasteiger partial charge in [-0.3, -0.25) is 4.79 Å². The fourth-order valence-electron chi connectivity index (χ4n) is 2.32. The average molecular weight is 455 g/mol. The average Bonchev–Trinajstić information content (AvgIpc) is 2.70. The number of hydrogen-bond acceptors (Lipinski definition) is 5. The van der Waals surface area contributed by atoms with Gasteiger partial charge >= 0.3 is 5.97 Å². The third kappa shape index (κ3) is 5.61. The van der Waals surface area contributed by atoms with Crippen LogP contribution < -0.4 is 14.8 Å². The van der Waals surface area contributed by atoms with Crippen LogP contribution in [-0.4, -0.2) is 30.7 Å². The number of amides is 1. The molecule has 0 radical (unpaired) electrons. The summed E-state index contributed by atoms with van der Waals surface area (Å²) >= 11 is 3.35. The number of nitrogens with zero attached hydrogens (tertiary/aromatic N) is 1. The minimum Gasteiger partial charge on any atom is -0.493 e. The maximum absolute atomic E-state index is 12.4. The Labute approximate surface area is 175 Å². The molecule has 2 rings (SSSR count). The first kappa shape index (κ1) is 21.5. The van der Waals surface area contributed by atoms with Gasteiger partial charge in [0.25, 0.3) is 5.91 Å². The summed E-state index contributed by atoms with van der Waals surface area (Å²) in [7, 11) is 1.45. The minimum absolute atomic E-state index is 0.0153. The van der Waals surface area contributed by atoms with Crippen molar-refractivity contribution in [2.45, 2.75) is 0 Å². The van der Waals surface area contributed by atoms with Gasteiger partial charge < -0.3 is 19.9 Å². The van der Waals surface area contributed by atoms with Crippen molar-refractivity contribution >= 4 is 39.6 Å². The molecule has 2 aromatic carbocycles. The molecule has 8 heteroatoms. The number of benzene rings is 2. The van der Waals surface area contributed by atoms with E-state index >= 15 is 0 Å². The van der Waals surface area contributed by atoms with E-state index in [1.165, 1.54) is 37.5 Å². The monoisotopic (exact) mass is 454 g/mol. The molecule has 7 nitrogen and oxygen atoms in total. The normalized spacial score (nSPS) is 10.4. The number of ether oxygens (including phenoxy) is 2. The van der Waals surface area contributed by atoms with Gasteiger partial charge in [-0.25, -0.2) is 4.79 Å². The predicted molar refractivity (Wildman–Crippen MR) is 111 cm³/mol. The van der Waals surface area contributed by atoms with Crippen LogP contribution in [0.5, 0.6) is 11.5 Å². The summed E-state index contributed by atoms with van der Waals surface area (Å²) in [6.07, 6.45) is 6.57. The highest BCUT2D eigenvalue weighted by Crippen LogP contribution is 2.37. The van der Waals surface area contributed by atoms with E-state index in [2.05, 4.69) is 27.2 Å². The molecule has 0 saturated carbocycles. The fourth-order valence-corrected chi connectivity index (χ4v) is 2.89. The van der Waals surface area contributed by atoms with E-state index in [1.54, 1.807) is 12.1 Å². The standard InChI is InChI=1S/C21H15BrN2O5/c1-3-7-29-19-17(22)9-13(10-18(19)28-2)8-15(12-23)20(25)24-16-6-4-5-14(11-16)21(26)27/h1,4-6,8-11H,7H2,2H3,(H,24,25)(H,26,27). The highest BCUT2D eigenvalue weighted by atomic mass is 79.9. The van der Waals surface area contributed by atoms with Crippen molar-refractivity contribution in [3.8, 4) is 29.9 Å². The molecule has 0 bridgehead atoms. The van der Waals surface area contributed by atoms with Crippen LogP contribution in [0.15, 0.2) is 46.4 Å². The van der Waals surface area contributed by atoms with Crippen LogP contribution >= 0.6 is 15.9 Å². The van der Waals surface area contributed by atoms with Gasteiger partial charge in [-0.05, 0) is 57.9 Å². The molecule has 0 heterocycles. The Morgan fingerprint density at radius 2 is 2.10 bits per heavy atom. The Morgan fingerprint density at radius 1 is 1.34 bits per heavy atom. The van der Waals surface area contributed by atoms with Crippen molar-refractivity contribution < 1.29 is 24.2 Å². The van der Waals surface area contributed by atoms with Crippen LogP contribution in [0.2, 0.25) is 0 Å². The van der Waals surface area contributed by atoms with Gasteiger partial charge in [0, 0.05) is 5.69 Å². The van der Waals surface area contributed by atoms with Crippen LogP contribution in [0, 0.1) is 23.7 Å². The molecule has 0 fully saturated rings. The van der Waals surface area contributed by atoms with Gasteiger partial charge in [-0.15, -0.1) is 6.42 Å². The van der Waals surface area contributed by atoms with E-state index in [4.69, 9.17) is 21.0 Å². The Bertz CT molecular complexity index is 1060. The Morgan fingerprint density at radius 3 is 2.72 bits per heavy atom. The zero-order valence-electron chi connectivity index (χ0n) is 15.2. The largest absolute Gasteiger partial charge is 0.493 e. The number of nitrogens with one attached hydrogen (secondary N) is 1. The Hall–Kier alpha value is -3.75. The summed E-state index contributed by atoms with van der Waals surface area (Å²) in [6, 6.07) is 10.8. The molecule has 0 spiro atoms. The highest BCUT2D eigenvalue weighted by Gasteiger charge is 2.14. The molecule has 29 heavy (non-hydrogen) atoms. The maximum atomic E-state index is 12.4. The number of carbonyl (C=O) groups excluding carboxylic acids is 1. The van der Waals surface area contributed by atoms with E-state index in [1.807, 2.05) is 6.07 Å². The summed E-state index contributed by atoms with van der Waals surface area (Å²) in [6.45, 7) is 0.0470. The van der Waals surface area contributed by atoms with Crippen LogP contribution in [0.25, 0.3) is 6.08 Å². The molecule has 0 aliphatic carbocycles. The van der Waals surface area contributed by atoms with E-state index in [0.29, 0.717) is 21.5 Å². The molecule has 1 amide bonds. The topological polar surface area (TPSA) is 109 Å². The van der Waals surface area contributed by atoms with Crippen LogP contribution in [-0.2, 0) is 4.79 Å². The fraction of sp³-hybridized carbons (Fsp3) is 0.0952. The molecule has 146 valence electrons. The summed E-state index contributed by atoms with van der Waals surface area (Å²) in [5.41, 5.74) is 0.596. The number of halogens is 1. The zero-order valence-corrected chi connectivity index (χ0v) is 16.8. The number of terminal acetylenes is 1. The van der Waals surface area contributed by atoms with Crippen LogP contribution in [0.3, 0.4) is 0 Å². The van der Waals surface area contributed by atoms with Gasteiger partial charge in [-0.2, -0.15) is 5.26 Å². The third-order valence-electron chi connectivity index (χ3n) is 3.60. The van der Waals surface area contributed by atoms with Crippen molar-refractivity contribution in [1.29, 1.82) is 5.26 Å². The third-order valence-corrected chi connectivity index (χ3v) is 4.18. The number of methoxy groups -OCH3 is 1. The summed E-state index contributed by atoms with van der Waals surface area (Å²) < 4.78 is 11.2. The SMILES string of the molecule is C#CCOc1c(Br)cc(C=C(C#N)C(=O)Nc2cccc(C(=O)O)c2)cc1OC. The number of aromatic carboxylic acids is 1. The van der Waals surface area contributed by atoms with E-state index < -0.39 is 11.9 Å². The second-order valence-corrected chi connectivity index (χ2v) is 6.39. The van der Waals surface area contributed by atoms with Crippen LogP contribution in [0.1, 0.15) is 15.9 Å². The summed E-state index contributed by atoms with van der Waals surface area (Å²) in [5, 5.41) is 20.9. The molecular weight excluding hydrogens is 440 g/mol. The van der Waals surface area contributed by atoms with Crippen molar-refractivity contribution in [1.82, 2.24) is 0 Å².